The first-order valence-corrected chi connectivity index (χ1v) is 7.26. The van der Waals surface area contributed by atoms with Gasteiger partial charge in [-0.15, -0.1) is 0 Å². The molecule has 24 heavy (non-hydrogen) atoms. The second-order valence-electron chi connectivity index (χ2n) is 5.48. The molecule has 8 heteroatoms. The van der Waals surface area contributed by atoms with Crippen molar-refractivity contribution in [3.05, 3.63) is 47.4 Å². The minimum atomic E-state index is -4.50. The molecule has 2 rings (SSSR count). The van der Waals surface area contributed by atoms with Crippen LogP contribution in [0.3, 0.4) is 0 Å². The van der Waals surface area contributed by atoms with Crippen molar-refractivity contribution >= 4 is 17.4 Å². The SMILES string of the molecule is Cc1nc(Nc2ccccc2C(F)(F)F)cc(C(=O)NC(C)C)n1. The Balaban J connectivity index is 2.35. The van der Waals surface area contributed by atoms with Gasteiger partial charge in [-0.1, -0.05) is 12.1 Å². The number of rotatable bonds is 4. The summed E-state index contributed by atoms with van der Waals surface area (Å²) < 4.78 is 39.1. The summed E-state index contributed by atoms with van der Waals surface area (Å²) in [6.07, 6.45) is -4.50. The van der Waals surface area contributed by atoms with E-state index in [1.54, 1.807) is 20.8 Å². The van der Waals surface area contributed by atoms with Crippen LogP contribution in [0.2, 0.25) is 0 Å². The summed E-state index contributed by atoms with van der Waals surface area (Å²) in [7, 11) is 0. The van der Waals surface area contributed by atoms with E-state index in [9.17, 15) is 18.0 Å². The molecule has 0 saturated carbocycles. The van der Waals surface area contributed by atoms with Gasteiger partial charge in [0.05, 0.1) is 11.3 Å². The van der Waals surface area contributed by atoms with Crippen LogP contribution < -0.4 is 10.6 Å². The largest absolute Gasteiger partial charge is 0.418 e. The van der Waals surface area contributed by atoms with E-state index in [0.717, 1.165) is 6.07 Å². The molecule has 0 fully saturated rings. The summed E-state index contributed by atoms with van der Waals surface area (Å²) in [6.45, 7) is 5.16. The van der Waals surface area contributed by atoms with Crippen molar-refractivity contribution in [3.8, 4) is 0 Å². The molecule has 1 aromatic carbocycles. The Morgan fingerprint density at radius 2 is 1.83 bits per heavy atom. The zero-order valence-corrected chi connectivity index (χ0v) is 13.4. The van der Waals surface area contributed by atoms with Crippen LogP contribution in [0.5, 0.6) is 0 Å². The highest BCUT2D eigenvalue weighted by atomic mass is 19.4. The van der Waals surface area contributed by atoms with Gasteiger partial charge in [-0.3, -0.25) is 4.79 Å². The lowest BCUT2D eigenvalue weighted by atomic mass is 10.1. The Morgan fingerprint density at radius 1 is 1.17 bits per heavy atom. The van der Waals surface area contributed by atoms with Crippen molar-refractivity contribution in [3.63, 3.8) is 0 Å². The summed E-state index contributed by atoms with van der Waals surface area (Å²) in [5, 5.41) is 5.29. The Hall–Kier alpha value is -2.64. The first-order chi connectivity index (χ1) is 11.2. The lowest BCUT2D eigenvalue weighted by Gasteiger charge is -2.15. The van der Waals surface area contributed by atoms with E-state index in [4.69, 9.17) is 0 Å². The van der Waals surface area contributed by atoms with E-state index in [-0.39, 0.29) is 29.1 Å². The minimum Gasteiger partial charge on any atom is -0.349 e. The van der Waals surface area contributed by atoms with Crippen LogP contribution in [-0.2, 0) is 6.18 Å². The summed E-state index contributed by atoms with van der Waals surface area (Å²) in [6, 6.07) is 6.29. The Morgan fingerprint density at radius 3 is 2.46 bits per heavy atom. The van der Waals surface area contributed by atoms with E-state index in [2.05, 4.69) is 20.6 Å². The number of carbonyl (C=O) groups excluding carboxylic acids is 1. The molecule has 0 radical (unpaired) electrons. The summed E-state index contributed by atoms with van der Waals surface area (Å²) >= 11 is 0. The number of halogens is 3. The van der Waals surface area contributed by atoms with E-state index >= 15 is 0 Å². The third-order valence-corrected chi connectivity index (χ3v) is 2.99. The number of benzene rings is 1. The molecule has 5 nitrogen and oxygen atoms in total. The van der Waals surface area contributed by atoms with Crippen LogP contribution in [0.25, 0.3) is 0 Å². The topological polar surface area (TPSA) is 66.9 Å². The average molecular weight is 338 g/mol. The van der Waals surface area contributed by atoms with Crippen LogP contribution in [0.4, 0.5) is 24.7 Å². The van der Waals surface area contributed by atoms with Crippen LogP contribution in [0.1, 0.15) is 35.7 Å². The molecular formula is C16H17F3N4O. The molecule has 0 aliphatic rings. The zero-order valence-electron chi connectivity index (χ0n) is 13.4. The molecule has 0 bridgehead atoms. The highest BCUT2D eigenvalue weighted by Gasteiger charge is 2.33. The summed E-state index contributed by atoms with van der Waals surface area (Å²) in [5.74, 6) is -0.0193. The van der Waals surface area contributed by atoms with Crippen molar-refractivity contribution in [2.45, 2.75) is 33.0 Å². The molecule has 0 saturated heterocycles. The molecule has 2 aromatic rings. The van der Waals surface area contributed by atoms with Crippen LogP contribution in [-0.4, -0.2) is 21.9 Å². The van der Waals surface area contributed by atoms with Crippen LogP contribution in [0, 0.1) is 6.92 Å². The van der Waals surface area contributed by atoms with E-state index < -0.39 is 17.6 Å². The number of aryl methyl sites for hydroxylation is 1. The standard InChI is InChI=1S/C16H17F3N4O/c1-9(2)20-15(24)13-8-14(22-10(3)21-13)23-12-7-5-4-6-11(12)16(17,18)19/h4-9H,1-3H3,(H,20,24)(H,21,22,23). The molecule has 0 aliphatic carbocycles. The maximum Gasteiger partial charge on any atom is 0.418 e. The molecule has 1 heterocycles. The predicted molar refractivity (Wildman–Crippen MR) is 84.1 cm³/mol. The van der Waals surface area contributed by atoms with Gasteiger partial charge in [0.1, 0.15) is 17.3 Å². The first kappa shape index (κ1) is 17.7. The fourth-order valence-electron chi connectivity index (χ4n) is 2.06. The zero-order chi connectivity index (χ0) is 17.9. The molecule has 0 aliphatic heterocycles. The predicted octanol–water partition coefficient (Wildman–Crippen LogP) is 3.69. The molecule has 2 N–H and O–H groups in total. The summed E-state index contributed by atoms with van der Waals surface area (Å²) in [4.78, 5) is 20.1. The van der Waals surface area contributed by atoms with Crippen molar-refractivity contribution in [2.75, 3.05) is 5.32 Å². The highest BCUT2D eigenvalue weighted by Crippen LogP contribution is 2.35. The van der Waals surface area contributed by atoms with E-state index in [0.29, 0.717) is 0 Å². The second kappa shape index (κ2) is 6.86. The number of hydrogen-bond donors (Lipinski definition) is 2. The molecule has 0 atom stereocenters. The van der Waals surface area contributed by atoms with E-state index in [1.165, 1.54) is 24.3 Å². The van der Waals surface area contributed by atoms with Gasteiger partial charge < -0.3 is 10.6 Å². The fraction of sp³-hybridized carbons (Fsp3) is 0.312. The number of carbonyl (C=O) groups is 1. The molecular weight excluding hydrogens is 321 g/mol. The normalized spacial score (nSPS) is 11.5. The number of aromatic nitrogens is 2. The minimum absolute atomic E-state index is 0.0863. The number of amides is 1. The lowest BCUT2D eigenvalue weighted by molar-refractivity contribution is -0.136. The molecule has 128 valence electrons. The van der Waals surface area contributed by atoms with Crippen molar-refractivity contribution in [1.82, 2.24) is 15.3 Å². The molecule has 1 amide bonds. The van der Waals surface area contributed by atoms with Gasteiger partial charge in [-0.25, -0.2) is 9.97 Å². The van der Waals surface area contributed by atoms with Crippen molar-refractivity contribution in [2.24, 2.45) is 0 Å². The number of nitrogens with zero attached hydrogens (tertiary/aromatic N) is 2. The van der Waals surface area contributed by atoms with Crippen LogP contribution >= 0.6 is 0 Å². The first-order valence-electron chi connectivity index (χ1n) is 7.26. The van der Waals surface area contributed by atoms with Gasteiger partial charge >= 0.3 is 6.18 Å². The Labute approximate surface area is 137 Å². The highest BCUT2D eigenvalue weighted by molar-refractivity contribution is 5.93. The molecule has 0 spiro atoms. The monoisotopic (exact) mass is 338 g/mol. The lowest BCUT2D eigenvalue weighted by Crippen LogP contribution is -2.31. The molecule has 0 unspecified atom stereocenters. The third kappa shape index (κ3) is 4.43. The van der Waals surface area contributed by atoms with Gasteiger partial charge in [-0.2, -0.15) is 13.2 Å². The maximum absolute atomic E-state index is 13.0. The summed E-state index contributed by atoms with van der Waals surface area (Å²) in [5.41, 5.74) is -0.865. The van der Waals surface area contributed by atoms with Gasteiger partial charge in [-0.05, 0) is 32.9 Å². The van der Waals surface area contributed by atoms with Gasteiger partial charge in [0.15, 0.2) is 0 Å². The van der Waals surface area contributed by atoms with Gasteiger partial charge in [0.25, 0.3) is 5.91 Å². The quantitative estimate of drug-likeness (QED) is 0.892. The maximum atomic E-state index is 13.0. The fourth-order valence-corrected chi connectivity index (χ4v) is 2.06. The Bertz CT molecular complexity index is 744. The number of nitrogens with one attached hydrogen (secondary N) is 2. The number of alkyl halides is 3. The van der Waals surface area contributed by atoms with Crippen LogP contribution in [0.15, 0.2) is 30.3 Å². The number of hydrogen-bond acceptors (Lipinski definition) is 4. The third-order valence-electron chi connectivity index (χ3n) is 2.99. The van der Waals surface area contributed by atoms with Gasteiger partial charge in [0.2, 0.25) is 0 Å². The van der Waals surface area contributed by atoms with Gasteiger partial charge in [0, 0.05) is 12.1 Å². The van der Waals surface area contributed by atoms with Crippen molar-refractivity contribution in [1.29, 1.82) is 0 Å². The smallest absolute Gasteiger partial charge is 0.349 e. The van der Waals surface area contributed by atoms with Crippen molar-refractivity contribution < 1.29 is 18.0 Å². The average Bonchev–Trinajstić information content (AvgIpc) is 2.45. The van der Waals surface area contributed by atoms with E-state index in [1.807, 2.05) is 0 Å². The molecule has 1 aromatic heterocycles. The Kier molecular flexibility index (Phi) is 5.06. The number of para-hydroxylation sites is 1. The number of anilines is 2. The second-order valence-corrected chi connectivity index (χ2v) is 5.48.